The predicted molar refractivity (Wildman–Crippen MR) is 87.1 cm³/mol. The molecule has 2 aromatic rings. The normalized spacial score (nSPS) is 21.1. The topological polar surface area (TPSA) is 45.2 Å². The van der Waals surface area contributed by atoms with Crippen LogP contribution in [0.3, 0.4) is 0 Å². The summed E-state index contributed by atoms with van der Waals surface area (Å²) in [7, 11) is 0. The van der Waals surface area contributed by atoms with Gasteiger partial charge in [0.2, 0.25) is 0 Å². The molecule has 5 heteroatoms. The lowest BCUT2D eigenvalue weighted by Gasteiger charge is -2.30. The van der Waals surface area contributed by atoms with Crippen molar-refractivity contribution in [3.8, 4) is 0 Å². The first-order valence-corrected chi connectivity index (χ1v) is 8.04. The lowest BCUT2D eigenvalue weighted by Crippen LogP contribution is -2.40. The Morgan fingerprint density at radius 2 is 2.00 bits per heavy atom. The summed E-state index contributed by atoms with van der Waals surface area (Å²) in [6, 6.07) is 7.35. The van der Waals surface area contributed by atoms with E-state index >= 15 is 0 Å². The van der Waals surface area contributed by atoms with Crippen LogP contribution in [0.5, 0.6) is 0 Å². The molecular weight excluding hydrogens is 274 g/mol. The number of nitrogens with zero attached hydrogens (tertiary/aromatic N) is 5. The van der Waals surface area contributed by atoms with Gasteiger partial charge in [0, 0.05) is 37.6 Å². The third-order valence-electron chi connectivity index (χ3n) is 4.61. The van der Waals surface area contributed by atoms with Crippen molar-refractivity contribution in [2.75, 3.05) is 22.9 Å². The highest BCUT2D eigenvalue weighted by Crippen LogP contribution is 2.35. The Morgan fingerprint density at radius 1 is 1.09 bits per heavy atom. The summed E-state index contributed by atoms with van der Waals surface area (Å²) in [6.45, 7) is 4.23. The maximum absolute atomic E-state index is 4.57. The number of aryl methyl sites for hydroxylation is 1. The molecule has 1 aliphatic heterocycles. The highest BCUT2D eigenvalue weighted by Gasteiger charge is 2.38. The Bertz CT molecular complexity index is 641. The quantitative estimate of drug-likeness (QED) is 0.867. The van der Waals surface area contributed by atoms with E-state index in [2.05, 4.69) is 37.7 Å². The number of anilines is 2. The number of hydrogen-bond acceptors (Lipinski definition) is 5. The van der Waals surface area contributed by atoms with Gasteiger partial charge in [-0.05, 0) is 43.9 Å². The molecule has 1 saturated heterocycles. The Kier molecular flexibility index (Phi) is 3.41. The zero-order chi connectivity index (χ0) is 14.9. The van der Waals surface area contributed by atoms with Gasteiger partial charge in [-0.2, -0.15) is 0 Å². The molecule has 0 radical (unpaired) electrons. The summed E-state index contributed by atoms with van der Waals surface area (Å²) in [5.74, 6) is 2.20. The molecule has 4 rings (SSSR count). The lowest BCUT2D eigenvalue weighted by atomic mass is 10.2. The first-order valence-electron chi connectivity index (χ1n) is 8.04. The van der Waals surface area contributed by atoms with Gasteiger partial charge in [0.05, 0.1) is 0 Å². The number of rotatable bonds is 4. The second kappa shape index (κ2) is 5.55. The van der Waals surface area contributed by atoms with Crippen LogP contribution in [-0.4, -0.2) is 40.1 Å². The maximum atomic E-state index is 4.57. The summed E-state index contributed by atoms with van der Waals surface area (Å²) in [4.78, 5) is 18.0. The van der Waals surface area contributed by atoms with E-state index in [1.54, 1.807) is 6.33 Å². The minimum Gasteiger partial charge on any atom is -0.354 e. The van der Waals surface area contributed by atoms with Crippen LogP contribution in [-0.2, 0) is 0 Å². The monoisotopic (exact) mass is 295 g/mol. The molecule has 1 aliphatic carbocycles. The van der Waals surface area contributed by atoms with Crippen molar-refractivity contribution >= 4 is 11.6 Å². The Labute approximate surface area is 131 Å². The van der Waals surface area contributed by atoms with Crippen LogP contribution >= 0.6 is 0 Å². The Morgan fingerprint density at radius 3 is 2.73 bits per heavy atom. The number of aromatic nitrogens is 3. The number of pyridine rings is 1. The van der Waals surface area contributed by atoms with E-state index in [4.69, 9.17) is 0 Å². The van der Waals surface area contributed by atoms with Crippen molar-refractivity contribution in [1.82, 2.24) is 15.0 Å². The average Bonchev–Trinajstić information content (AvgIpc) is 3.26. The van der Waals surface area contributed by atoms with E-state index in [-0.39, 0.29) is 0 Å². The van der Waals surface area contributed by atoms with Gasteiger partial charge >= 0.3 is 0 Å². The van der Waals surface area contributed by atoms with E-state index in [9.17, 15) is 0 Å². The minimum absolute atomic E-state index is 0.517. The third kappa shape index (κ3) is 2.51. The fourth-order valence-electron chi connectivity index (χ4n) is 3.43. The number of hydrogen-bond donors (Lipinski definition) is 0. The van der Waals surface area contributed by atoms with E-state index in [0.717, 1.165) is 31.1 Å². The fourth-order valence-corrected chi connectivity index (χ4v) is 3.43. The van der Waals surface area contributed by atoms with E-state index in [1.807, 2.05) is 24.5 Å². The second-order valence-corrected chi connectivity index (χ2v) is 6.24. The van der Waals surface area contributed by atoms with Gasteiger partial charge in [0.15, 0.2) is 0 Å². The van der Waals surface area contributed by atoms with Crippen molar-refractivity contribution in [3.05, 3.63) is 42.5 Å². The minimum atomic E-state index is 0.517. The molecule has 1 unspecified atom stereocenters. The van der Waals surface area contributed by atoms with Crippen LogP contribution in [0.4, 0.5) is 11.6 Å². The average molecular weight is 295 g/mol. The molecular formula is C17H21N5. The summed E-state index contributed by atoms with van der Waals surface area (Å²) in [6.07, 6.45) is 9.11. The van der Waals surface area contributed by atoms with Crippen molar-refractivity contribution in [2.45, 2.75) is 38.3 Å². The highest BCUT2D eigenvalue weighted by atomic mass is 15.3. The molecule has 0 spiro atoms. The standard InChI is InChI=1S/C17H21N5/c1-13-3-2-8-19-17(13)21-10-7-15(11-21)22(14-4-5-14)16-6-9-18-12-20-16/h2-3,6,8-9,12,14-15H,4-5,7,10-11H2,1H3. The van der Waals surface area contributed by atoms with Crippen molar-refractivity contribution in [1.29, 1.82) is 0 Å². The Hall–Kier alpha value is -2.17. The molecule has 0 bridgehead atoms. The molecule has 0 aromatic carbocycles. The molecule has 0 amide bonds. The summed E-state index contributed by atoms with van der Waals surface area (Å²) < 4.78 is 0. The van der Waals surface area contributed by atoms with Crippen molar-refractivity contribution in [3.63, 3.8) is 0 Å². The molecule has 5 nitrogen and oxygen atoms in total. The molecule has 114 valence electrons. The van der Waals surface area contributed by atoms with Gasteiger partial charge in [0.25, 0.3) is 0 Å². The summed E-state index contributed by atoms with van der Waals surface area (Å²) in [5, 5.41) is 0. The molecule has 0 N–H and O–H groups in total. The molecule has 2 aromatic heterocycles. The SMILES string of the molecule is Cc1cccnc1N1CCC(N(c2ccncn2)C2CC2)C1. The Balaban J connectivity index is 1.55. The fraction of sp³-hybridized carbons (Fsp3) is 0.471. The smallest absolute Gasteiger partial charge is 0.132 e. The van der Waals surface area contributed by atoms with E-state index in [1.165, 1.54) is 18.4 Å². The van der Waals surface area contributed by atoms with Crippen molar-refractivity contribution < 1.29 is 0 Å². The van der Waals surface area contributed by atoms with Gasteiger partial charge < -0.3 is 9.80 Å². The molecule has 2 fully saturated rings. The van der Waals surface area contributed by atoms with Gasteiger partial charge in [-0.3, -0.25) is 0 Å². The third-order valence-corrected chi connectivity index (χ3v) is 4.61. The largest absolute Gasteiger partial charge is 0.354 e. The maximum Gasteiger partial charge on any atom is 0.132 e. The van der Waals surface area contributed by atoms with Crippen LogP contribution in [0.1, 0.15) is 24.8 Å². The zero-order valence-corrected chi connectivity index (χ0v) is 12.9. The zero-order valence-electron chi connectivity index (χ0n) is 12.9. The van der Waals surface area contributed by atoms with E-state index in [0.29, 0.717) is 12.1 Å². The first-order chi connectivity index (χ1) is 10.8. The van der Waals surface area contributed by atoms with Crippen LogP contribution in [0, 0.1) is 6.92 Å². The first kappa shape index (κ1) is 13.5. The van der Waals surface area contributed by atoms with Crippen LogP contribution in [0.15, 0.2) is 36.9 Å². The highest BCUT2D eigenvalue weighted by molar-refractivity contribution is 5.50. The van der Waals surface area contributed by atoms with Gasteiger partial charge in [-0.15, -0.1) is 0 Å². The molecule has 22 heavy (non-hydrogen) atoms. The summed E-state index contributed by atoms with van der Waals surface area (Å²) >= 11 is 0. The van der Waals surface area contributed by atoms with Crippen molar-refractivity contribution in [2.24, 2.45) is 0 Å². The molecule has 2 aliphatic rings. The second-order valence-electron chi connectivity index (χ2n) is 6.24. The van der Waals surface area contributed by atoms with E-state index < -0.39 is 0 Å². The summed E-state index contributed by atoms with van der Waals surface area (Å²) in [5.41, 5.74) is 1.25. The van der Waals surface area contributed by atoms with Crippen LogP contribution in [0.2, 0.25) is 0 Å². The predicted octanol–water partition coefficient (Wildman–Crippen LogP) is 2.43. The van der Waals surface area contributed by atoms with Gasteiger partial charge in [-0.1, -0.05) is 6.07 Å². The molecule has 3 heterocycles. The molecule has 1 atom stereocenters. The molecule has 1 saturated carbocycles. The van der Waals surface area contributed by atoms with Crippen LogP contribution < -0.4 is 9.80 Å². The van der Waals surface area contributed by atoms with Gasteiger partial charge in [0.1, 0.15) is 18.0 Å². The van der Waals surface area contributed by atoms with Gasteiger partial charge in [-0.25, -0.2) is 15.0 Å². The lowest BCUT2D eigenvalue weighted by molar-refractivity contribution is 0.624. The van der Waals surface area contributed by atoms with Crippen LogP contribution in [0.25, 0.3) is 0 Å².